The van der Waals surface area contributed by atoms with Gasteiger partial charge in [0.25, 0.3) is 16.0 Å². The quantitative estimate of drug-likeness (QED) is 0.854. The van der Waals surface area contributed by atoms with E-state index < -0.39 is 10.1 Å². The molecule has 0 radical (unpaired) electrons. The van der Waals surface area contributed by atoms with Crippen molar-refractivity contribution in [3.05, 3.63) is 59.2 Å². The fourth-order valence-electron chi connectivity index (χ4n) is 2.08. The van der Waals surface area contributed by atoms with Crippen LogP contribution >= 0.6 is 0 Å². The molecule has 2 aromatic carbocycles. The van der Waals surface area contributed by atoms with Crippen LogP contribution in [0.1, 0.15) is 21.5 Å². The van der Waals surface area contributed by atoms with Crippen molar-refractivity contribution in [2.75, 3.05) is 5.32 Å². The highest BCUT2D eigenvalue weighted by Gasteiger charge is 2.13. The maximum atomic E-state index is 12.3. The number of hydrogen-bond donors (Lipinski definition) is 2. The lowest BCUT2D eigenvalue weighted by atomic mass is 10.0. The molecule has 2 N–H and O–H groups in total. The Bertz CT molecular complexity index is 760. The number of amides is 1. The van der Waals surface area contributed by atoms with Crippen LogP contribution in [-0.2, 0) is 10.1 Å². The molecule has 110 valence electrons. The van der Waals surface area contributed by atoms with E-state index in [4.69, 9.17) is 4.55 Å². The van der Waals surface area contributed by atoms with Gasteiger partial charge in [0.2, 0.25) is 0 Å². The maximum absolute atomic E-state index is 12.3. The van der Waals surface area contributed by atoms with E-state index >= 15 is 0 Å². The third-order valence-electron chi connectivity index (χ3n) is 3.12. The van der Waals surface area contributed by atoms with E-state index in [0.717, 1.165) is 11.1 Å². The van der Waals surface area contributed by atoms with Crippen LogP contribution in [0.25, 0.3) is 0 Å². The van der Waals surface area contributed by atoms with E-state index in [2.05, 4.69) is 5.32 Å². The van der Waals surface area contributed by atoms with Crippen molar-refractivity contribution in [1.29, 1.82) is 0 Å². The van der Waals surface area contributed by atoms with E-state index in [9.17, 15) is 13.2 Å². The van der Waals surface area contributed by atoms with Crippen LogP contribution in [0.3, 0.4) is 0 Å². The van der Waals surface area contributed by atoms with Crippen LogP contribution in [0.2, 0.25) is 0 Å². The molecule has 0 aromatic heterocycles. The van der Waals surface area contributed by atoms with Gasteiger partial charge in [0.05, 0.1) is 4.90 Å². The molecular formula is C15H15NO4S. The first kappa shape index (κ1) is 15.2. The third-order valence-corrected chi connectivity index (χ3v) is 3.99. The molecule has 0 aliphatic carbocycles. The topological polar surface area (TPSA) is 83.5 Å². The first-order valence-electron chi connectivity index (χ1n) is 6.24. The second-order valence-electron chi connectivity index (χ2n) is 4.72. The van der Waals surface area contributed by atoms with Gasteiger partial charge in [0, 0.05) is 11.3 Å². The molecule has 0 fully saturated rings. The zero-order valence-electron chi connectivity index (χ0n) is 11.6. The molecule has 0 saturated carbocycles. The summed E-state index contributed by atoms with van der Waals surface area (Å²) in [5.41, 5.74) is 2.77. The maximum Gasteiger partial charge on any atom is 0.294 e. The Kier molecular flexibility index (Phi) is 4.11. The van der Waals surface area contributed by atoms with Crippen LogP contribution in [0, 0.1) is 13.8 Å². The van der Waals surface area contributed by atoms with Gasteiger partial charge in [0.1, 0.15) is 0 Å². The number of carbonyl (C=O) groups excluding carboxylic acids is 1. The van der Waals surface area contributed by atoms with Crippen LogP contribution in [0.15, 0.2) is 47.4 Å². The summed E-state index contributed by atoms with van der Waals surface area (Å²) in [5, 5.41) is 2.70. The van der Waals surface area contributed by atoms with Gasteiger partial charge in [-0.1, -0.05) is 18.2 Å². The fraction of sp³-hybridized carbons (Fsp3) is 0.133. The number of carbonyl (C=O) groups is 1. The van der Waals surface area contributed by atoms with Gasteiger partial charge < -0.3 is 5.32 Å². The molecule has 1 amide bonds. The van der Waals surface area contributed by atoms with Crippen molar-refractivity contribution in [2.45, 2.75) is 18.7 Å². The van der Waals surface area contributed by atoms with Crippen molar-refractivity contribution >= 4 is 21.7 Å². The lowest BCUT2D eigenvalue weighted by molar-refractivity contribution is 0.102. The fourth-order valence-corrected chi connectivity index (χ4v) is 2.56. The second-order valence-corrected chi connectivity index (χ2v) is 6.14. The highest BCUT2D eigenvalue weighted by molar-refractivity contribution is 7.85. The monoisotopic (exact) mass is 305 g/mol. The average Bonchev–Trinajstić information content (AvgIpc) is 2.38. The van der Waals surface area contributed by atoms with Crippen LogP contribution in [0.5, 0.6) is 0 Å². The largest absolute Gasteiger partial charge is 0.322 e. The Morgan fingerprint density at radius 1 is 1.00 bits per heavy atom. The molecule has 0 unspecified atom stereocenters. The Morgan fingerprint density at radius 3 is 2.00 bits per heavy atom. The standard InChI is InChI=1S/C15H15NO4S/c1-10-4-3-5-11(2)14(10)15(17)16-12-6-8-13(9-7-12)21(18,19)20/h3-9H,1-2H3,(H,16,17)(H,18,19,20). The molecule has 0 atom stereocenters. The molecule has 0 spiro atoms. The van der Waals surface area contributed by atoms with Gasteiger partial charge in [-0.2, -0.15) is 8.42 Å². The number of nitrogens with one attached hydrogen (secondary N) is 1. The summed E-state index contributed by atoms with van der Waals surface area (Å²) in [7, 11) is -4.23. The molecule has 6 heteroatoms. The van der Waals surface area contributed by atoms with E-state index in [0.29, 0.717) is 11.3 Å². The molecule has 0 heterocycles. The summed E-state index contributed by atoms with van der Waals surface area (Å²) >= 11 is 0. The zero-order valence-corrected chi connectivity index (χ0v) is 12.4. The first-order valence-corrected chi connectivity index (χ1v) is 7.68. The Hall–Kier alpha value is -2.18. The van der Waals surface area contributed by atoms with E-state index in [1.807, 2.05) is 32.0 Å². The van der Waals surface area contributed by atoms with Gasteiger partial charge in [-0.3, -0.25) is 9.35 Å². The van der Waals surface area contributed by atoms with E-state index in [1.54, 1.807) is 0 Å². The normalized spacial score (nSPS) is 11.2. The van der Waals surface area contributed by atoms with Gasteiger partial charge in [-0.05, 0) is 49.2 Å². The van der Waals surface area contributed by atoms with E-state index in [-0.39, 0.29) is 10.8 Å². The molecular weight excluding hydrogens is 290 g/mol. The third kappa shape index (κ3) is 3.48. The zero-order chi connectivity index (χ0) is 15.6. The van der Waals surface area contributed by atoms with Crippen LogP contribution in [0.4, 0.5) is 5.69 Å². The van der Waals surface area contributed by atoms with Gasteiger partial charge in [-0.15, -0.1) is 0 Å². The smallest absolute Gasteiger partial charge is 0.294 e. The SMILES string of the molecule is Cc1cccc(C)c1C(=O)Nc1ccc(S(=O)(=O)O)cc1. The first-order chi connectivity index (χ1) is 9.79. The molecule has 0 aliphatic heterocycles. The summed E-state index contributed by atoms with van der Waals surface area (Å²) in [4.78, 5) is 12.0. The lowest BCUT2D eigenvalue weighted by Gasteiger charge is -2.10. The highest BCUT2D eigenvalue weighted by Crippen LogP contribution is 2.18. The molecule has 0 saturated heterocycles. The van der Waals surface area contributed by atoms with Crippen molar-refractivity contribution in [2.24, 2.45) is 0 Å². The lowest BCUT2D eigenvalue weighted by Crippen LogP contribution is -2.15. The number of benzene rings is 2. The number of aryl methyl sites for hydroxylation is 2. The Labute approximate surface area is 123 Å². The molecule has 2 aromatic rings. The van der Waals surface area contributed by atoms with Crippen LogP contribution in [-0.4, -0.2) is 18.9 Å². The summed E-state index contributed by atoms with van der Waals surface area (Å²) in [6.45, 7) is 3.70. The highest BCUT2D eigenvalue weighted by atomic mass is 32.2. The predicted octanol–water partition coefficient (Wildman–Crippen LogP) is 2.80. The predicted molar refractivity (Wildman–Crippen MR) is 80.1 cm³/mol. The molecule has 0 aliphatic rings. The Morgan fingerprint density at radius 2 is 1.52 bits per heavy atom. The van der Waals surface area contributed by atoms with Crippen LogP contribution < -0.4 is 5.32 Å². The van der Waals surface area contributed by atoms with Gasteiger partial charge >= 0.3 is 0 Å². The number of anilines is 1. The average molecular weight is 305 g/mol. The minimum atomic E-state index is -4.23. The van der Waals surface area contributed by atoms with Crippen molar-refractivity contribution < 1.29 is 17.8 Å². The molecule has 21 heavy (non-hydrogen) atoms. The minimum Gasteiger partial charge on any atom is -0.322 e. The Balaban J connectivity index is 2.24. The number of hydrogen-bond acceptors (Lipinski definition) is 3. The summed E-state index contributed by atoms with van der Waals surface area (Å²) in [6, 6.07) is 10.9. The minimum absolute atomic E-state index is 0.215. The van der Waals surface area contributed by atoms with Gasteiger partial charge in [0.15, 0.2) is 0 Å². The van der Waals surface area contributed by atoms with Crippen molar-refractivity contribution in [3.8, 4) is 0 Å². The van der Waals surface area contributed by atoms with Crippen molar-refractivity contribution in [1.82, 2.24) is 0 Å². The van der Waals surface area contributed by atoms with E-state index in [1.165, 1.54) is 24.3 Å². The summed E-state index contributed by atoms with van der Waals surface area (Å²) in [6.07, 6.45) is 0. The van der Waals surface area contributed by atoms with Gasteiger partial charge in [-0.25, -0.2) is 0 Å². The molecule has 2 rings (SSSR count). The molecule has 5 nitrogen and oxygen atoms in total. The molecule has 0 bridgehead atoms. The number of rotatable bonds is 3. The second kappa shape index (κ2) is 5.67. The van der Waals surface area contributed by atoms with Crippen molar-refractivity contribution in [3.63, 3.8) is 0 Å². The summed E-state index contributed by atoms with van der Waals surface area (Å²) < 4.78 is 30.8. The summed E-state index contributed by atoms with van der Waals surface area (Å²) in [5.74, 6) is -0.259.